The Morgan fingerprint density at radius 2 is 1.90 bits per heavy atom. The van der Waals surface area contributed by atoms with Gasteiger partial charge in [-0.3, -0.25) is 0 Å². The lowest BCUT2D eigenvalue weighted by Crippen LogP contribution is -2.12. The van der Waals surface area contributed by atoms with Crippen LogP contribution in [0.3, 0.4) is 0 Å². The van der Waals surface area contributed by atoms with Crippen molar-refractivity contribution in [1.29, 1.82) is 0 Å². The molecule has 2 heteroatoms. The third kappa shape index (κ3) is 2.33. The van der Waals surface area contributed by atoms with Crippen molar-refractivity contribution in [2.75, 3.05) is 13.2 Å². The van der Waals surface area contributed by atoms with Gasteiger partial charge in [0.2, 0.25) is 0 Å². The van der Waals surface area contributed by atoms with Crippen molar-refractivity contribution in [3.05, 3.63) is 24.3 Å². The Morgan fingerprint density at radius 3 is 2.40 bits per heavy atom. The highest BCUT2D eigenvalue weighted by molar-refractivity contribution is 4.88. The van der Waals surface area contributed by atoms with Gasteiger partial charge in [0.25, 0.3) is 0 Å². The van der Waals surface area contributed by atoms with E-state index in [1.807, 2.05) is 31.2 Å². The first-order chi connectivity index (χ1) is 4.93. The maximum atomic E-state index is 5.25. The summed E-state index contributed by atoms with van der Waals surface area (Å²) in [4.78, 5) is 0. The maximum absolute atomic E-state index is 5.25. The molecule has 0 aliphatic carbocycles. The summed E-state index contributed by atoms with van der Waals surface area (Å²) in [6.07, 6.45) is 7.59. The van der Waals surface area contributed by atoms with Gasteiger partial charge in [0.15, 0.2) is 6.29 Å². The van der Waals surface area contributed by atoms with Crippen LogP contribution in [-0.4, -0.2) is 19.5 Å². The third-order valence-corrected chi connectivity index (χ3v) is 1.23. The molecule has 1 aliphatic rings. The Bertz CT molecular complexity index is 128. The minimum Gasteiger partial charge on any atom is -0.345 e. The van der Waals surface area contributed by atoms with Crippen molar-refractivity contribution in [3.63, 3.8) is 0 Å². The first-order valence-electron chi connectivity index (χ1n) is 3.44. The molecule has 0 saturated carbocycles. The van der Waals surface area contributed by atoms with Gasteiger partial charge in [-0.25, -0.2) is 0 Å². The molecule has 0 aromatic heterocycles. The van der Waals surface area contributed by atoms with E-state index < -0.39 is 0 Å². The quantitative estimate of drug-likeness (QED) is 0.514. The van der Waals surface area contributed by atoms with E-state index in [9.17, 15) is 0 Å². The molecule has 0 aromatic carbocycles. The van der Waals surface area contributed by atoms with E-state index in [0.29, 0.717) is 13.2 Å². The molecule has 56 valence electrons. The van der Waals surface area contributed by atoms with E-state index in [1.165, 1.54) is 0 Å². The predicted molar refractivity (Wildman–Crippen MR) is 39.6 cm³/mol. The van der Waals surface area contributed by atoms with Crippen LogP contribution in [-0.2, 0) is 9.47 Å². The number of rotatable bonds is 1. The van der Waals surface area contributed by atoms with Gasteiger partial charge in [0.05, 0.1) is 13.2 Å². The molecule has 1 rings (SSSR count). The number of hydrogen-bond acceptors (Lipinski definition) is 2. The van der Waals surface area contributed by atoms with Gasteiger partial charge in [0, 0.05) is 0 Å². The summed E-state index contributed by atoms with van der Waals surface area (Å²) in [5.74, 6) is 0. The van der Waals surface area contributed by atoms with Crippen molar-refractivity contribution in [3.8, 4) is 0 Å². The van der Waals surface area contributed by atoms with Crippen LogP contribution in [0.25, 0.3) is 0 Å². The van der Waals surface area contributed by atoms with Gasteiger partial charge < -0.3 is 9.47 Å². The van der Waals surface area contributed by atoms with Crippen LogP contribution < -0.4 is 0 Å². The second-order valence-corrected chi connectivity index (χ2v) is 2.03. The highest BCUT2D eigenvalue weighted by Crippen LogP contribution is 2.01. The molecule has 10 heavy (non-hydrogen) atoms. The zero-order chi connectivity index (χ0) is 7.23. The third-order valence-electron chi connectivity index (χ3n) is 1.23. The number of ether oxygens (including phenoxy) is 2. The molecule has 2 nitrogen and oxygen atoms in total. The van der Waals surface area contributed by atoms with E-state index >= 15 is 0 Å². The fourth-order valence-corrected chi connectivity index (χ4v) is 0.753. The lowest BCUT2D eigenvalue weighted by molar-refractivity contribution is -0.0878. The Labute approximate surface area is 61.1 Å². The average molecular weight is 140 g/mol. The standard InChI is InChI=1S/C8H12O2/c1-2-5-8-9-6-3-4-7-10-8/h2-5,8H,6-7H2,1H3. The van der Waals surface area contributed by atoms with Crippen LogP contribution in [0.5, 0.6) is 0 Å². The molecular formula is C8H12O2. The molecule has 0 bridgehead atoms. The topological polar surface area (TPSA) is 18.5 Å². The van der Waals surface area contributed by atoms with Crippen LogP contribution >= 0.6 is 0 Å². The van der Waals surface area contributed by atoms with Gasteiger partial charge in [-0.05, 0) is 13.0 Å². The fraction of sp³-hybridized carbons (Fsp3) is 0.500. The van der Waals surface area contributed by atoms with Crippen LogP contribution in [0.4, 0.5) is 0 Å². The van der Waals surface area contributed by atoms with Crippen LogP contribution in [0.15, 0.2) is 24.3 Å². The van der Waals surface area contributed by atoms with Gasteiger partial charge in [-0.15, -0.1) is 0 Å². The maximum Gasteiger partial charge on any atom is 0.177 e. The molecule has 0 amide bonds. The molecular weight excluding hydrogens is 128 g/mol. The lowest BCUT2D eigenvalue weighted by atomic mass is 10.5. The SMILES string of the molecule is CC=CC1OCC=CCO1. The van der Waals surface area contributed by atoms with Crippen molar-refractivity contribution >= 4 is 0 Å². The van der Waals surface area contributed by atoms with Gasteiger partial charge in [-0.2, -0.15) is 0 Å². The van der Waals surface area contributed by atoms with Crippen LogP contribution in [0.1, 0.15) is 6.92 Å². The largest absolute Gasteiger partial charge is 0.345 e. The highest BCUT2D eigenvalue weighted by atomic mass is 16.7. The first-order valence-corrected chi connectivity index (χ1v) is 3.44. The molecule has 0 radical (unpaired) electrons. The zero-order valence-electron chi connectivity index (χ0n) is 6.12. The van der Waals surface area contributed by atoms with E-state index in [0.717, 1.165) is 0 Å². The Hall–Kier alpha value is -0.600. The van der Waals surface area contributed by atoms with E-state index in [1.54, 1.807) is 0 Å². The Kier molecular flexibility index (Phi) is 3.19. The summed E-state index contributed by atoms with van der Waals surface area (Å²) in [5, 5.41) is 0. The van der Waals surface area contributed by atoms with E-state index in [-0.39, 0.29) is 6.29 Å². The summed E-state index contributed by atoms with van der Waals surface area (Å²) in [6, 6.07) is 0. The van der Waals surface area contributed by atoms with Gasteiger partial charge in [-0.1, -0.05) is 18.2 Å². The van der Waals surface area contributed by atoms with Crippen molar-refractivity contribution in [2.45, 2.75) is 13.2 Å². The second kappa shape index (κ2) is 4.25. The molecule has 0 fully saturated rings. The summed E-state index contributed by atoms with van der Waals surface area (Å²) in [7, 11) is 0. The van der Waals surface area contributed by atoms with E-state index in [4.69, 9.17) is 9.47 Å². The average Bonchev–Trinajstić information content (AvgIpc) is 2.17. The minimum atomic E-state index is -0.153. The molecule has 0 N–H and O–H groups in total. The smallest absolute Gasteiger partial charge is 0.177 e. The van der Waals surface area contributed by atoms with Crippen molar-refractivity contribution in [1.82, 2.24) is 0 Å². The molecule has 0 atom stereocenters. The second-order valence-electron chi connectivity index (χ2n) is 2.03. The van der Waals surface area contributed by atoms with Gasteiger partial charge >= 0.3 is 0 Å². The summed E-state index contributed by atoms with van der Waals surface area (Å²) >= 11 is 0. The van der Waals surface area contributed by atoms with Crippen molar-refractivity contribution in [2.24, 2.45) is 0 Å². The zero-order valence-corrected chi connectivity index (χ0v) is 6.12. The number of hydrogen-bond donors (Lipinski definition) is 0. The molecule has 0 saturated heterocycles. The summed E-state index contributed by atoms with van der Waals surface area (Å²) in [6.45, 7) is 3.25. The Balaban J connectivity index is 2.33. The van der Waals surface area contributed by atoms with Crippen molar-refractivity contribution < 1.29 is 9.47 Å². The highest BCUT2D eigenvalue weighted by Gasteiger charge is 2.03. The van der Waals surface area contributed by atoms with Crippen LogP contribution in [0.2, 0.25) is 0 Å². The minimum absolute atomic E-state index is 0.153. The molecule has 0 aromatic rings. The molecule has 0 unspecified atom stereocenters. The predicted octanol–water partition coefficient (Wildman–Crippen LogP) is 1.49. The number of allylic oxidation sites excluding steroid dienone is 1. The Morgan fingerprint density at radius 1 is 1.30 bits per heavy atom. The van der Waals surface area contributed by atoms with Crippen LogP contribution in [0, 0.1) is 0 Å². The van der Waals surface area contributed by atoms with E-state index in [2.05, 4.69) is 0 Å². The lowest BCUT2D eigenvalue weighted by Gasteiger charge is -2.09. The normalized spacial score (nSPS) is 21.7. The van der Waals surface area contributed by atoms with Gasteiger partial charge in [0.1, 0.15) is 0 Å². The molecule has 1 aliphatic heterocycles. The molecule has 1 heterocycles. The first kappa shape index (κ1) is 7.51. The monoisotopic (exact) mass is 140 g/mol. The molecule has 0 spiro atoms. The summed E-state index contributed by atoms with van der Waals surface area (Å²) < 4.78 is 10.5. The summed E-state index contributed by atoms with van der Waals surface area (Å²) in [5.41, 5.74) is 0. The fourth-order valence-electron chi connectivity index (χ4n) is 0.753.